The number of aromatic nitrogens is 2. The van der Waals surface area contributed by atoms with Gasteiger partial charge in [-0.15, -0.1) is 0 Å². The van der Waals surface area contributed by atoms with Gasteiger partial charge in [-0.25, -0.2) is 4.98 Å². The summed E-state index contributed by atoms with van der Waals surface area (Å²) in [6, 6.07) is 5.57. The minimum absolute atomic E-state index is 0.0702. The molecule has 3 nitrogen and oxygen atoms in total. The molecule has 1 atom stereocenters. The molecule has 5 heteroatoms. The Morgan fingerprint density at radius 3 is 2.71 bits per heavy atom. The minimum Gasteiger partial charge on any atom is -0.349 e. The number of benzene rings is 1. The Morgan fingerprint density at radius 1 is 1.35 bits per heavy atom. The summed E-state index contributed by atoms with van der Waals surface area (Å²) in [6.45, 7) is 2.03. The number of anilines is 1. The smallest absolute Gasteiger partial charge is 0.202 e. The van der Waals surface area contributed by atoms with Gasteiger partial charge in [0.1, 0.15) is 0 Å². The van der Waals surface area contributed by atoms with Crippen LogP contribution in [0.2, 0.25) is 10.0 Å². The maximum absolute atomic E-state index is 6.15. The van der Waals surface area contributed by atoms with Crippen LogP contribution < -0.4 is 5.32 Å². The fourth-order valence-electron chi connectivity index (χ4n) is 1.63. The van der Waals surface area contributed by atoms with E-state index in [-0.39, 0.29) is 6.04 Å². The fourth-order valence-corrected chi connectivity index (χ4v) is 2.20. The Balaban J connectivity index is 2.20. The molecule has 17 heavy (non-hydrogen) atoms. The van der Waals surface area contributed by atoms with Gasteiger partial charge in [0.05, 0.1) is 6.04 Å². The molecule has 1 aromatic heterocycles. The van der Waals surface area contributed by atoms with E-state index in [0.717, 1.165) is 11.5 Å². The van der Waals surface area contributed by atoms with Crippen molar-refractivity contribution in [2.24, 2.45) is 7.05 Å². The molecule has 0 saturated heterocycles. The molecular formula is C12H13Cl2N3. The number of halogens is 2. The van der Waals surface area contributed by atoms with Crippen molar-refractivity contribution in [1.29, 1.82) is 0 Å². The standard InChI is InChI=1S/C12H13Cl2N3/c1-8(16-12-15-5-6-17(12)2)10-4-3-9(13)7-11(10)14/h3-8H,1-2H3,(H,15,16). The lowest BCUT2D eigenvalue weighted by Gasteiger charge is -2.16. The molecule has 0 amide bonds. The number of aryl methyl sites for hydroxylation is 1. The van der Waals surface area contributed by atoms with Crippen molar-refractivity contribution in [3.05, 3.63) is 46.2 Å². The van der Waals surface area contributed by atoms with Crippen molar-refractivity contribution >= 4 is 29.2 Å². The van der Waals surface area contributed by atoms with Gasteiger partial charge in [0, 0.05) is 29.5 Å². The van der Waals surface area contributed by atoms with Gasteiger partial charge in [-0.1, -0.05) is 29.3 Å². The lowest BCUT2D eigenvalue weighted by molar-refractivity contribution is 0.823. The van der Waals surface area contributed by atoms with Gasteiger partial charge >= 0.3 is 0 Å². The summed E-state index contributed by atoms with van der Waals surface area (Å²) in [5.74, 6) is 0.809. The third kappa shape index (κ3) is 2.73. The Hall–Kier alpha value is -1.19. The van der Waals surface area contributed by atoms with E-state index >= 15 is 0 Å². The zero-order chi connectivity index (χ0) is 12.4. The maximum atomic E-state index is 6.15. The molecule has 1 N–H and O–H groups in total. The second kappa shape index (κ2) is 4.98. The fraction of sp³-hybridized carbons (Fsp3) is 0.250. The number of hydrogen-bond acceptors (Lipinski definition) is 2. The summed E-state index contributed by atoms with van der Waals surface area (Å²) < 4.78 is 1.92. The second-order valence-corrected chi connectivity index (χ2v) is 4.74. The summed E-state index contributed by atoms with van der Waals surface area (Å²) in [7, 11) is 1.94. The molecule has 0 aliphatic carbocycles. The van der Waals surface area contributed by atoms with Crippen molar-refractivity contribution < 1.29 is 0 Å². The minimum atomic E-state index is 0.0702. The summed E-state index contributed by atoms with van der Waals surface area (Å²) in [4.78, 5) is 4.21. The molecule has 0 bridgehead atoms. The molecule has 90 valence electrons. The topological polar surface area (TPSA) is 29.9 Å². The van der Waals surface area contributed by atoms with Crippen molar-refractivity contribution in [1.82, 2.24) is 9.55 Å². The lowest BCUT2D eigenvalue weighted by Crippen LogP contribution is -2.10. The summed E-state index contributed by atoms with van der Waals surface area (Å²) in [6.07, 6.45) is 3.64. The molecule has 0 radical (unpaired) electrons. The van der Waals surface area contributed by atoms with Crippen LogP contribution in [0.4, 0.5) is 5.95 Å². The summed E-state index contributed by atoms with van der Waals surface area (Å²) >= 11 is 12.0. The maximum Gasteiger partial charge on any atom is 0.202 e. The zero-order valence-electron chi connectivity index (χ0n) is 9.61. The predicted octanol–water partition coefficient (Wildman–Crippen LogP) is 3.90. The van der Waals surface area contributed by atoms with Crippen molar-refractivity contribution in [2.75, 3.05) is 5.32 Å². The van der Waals surface area contributed by atoms with Gasteiger partial charge in [-0.2, -0.15) is 0 Å². The molecule has 1 aromatic carbocycles. The van der Waals surface area contributed by atoms with Crippen LogP contribution in [0.1, 0.15) is 18.5 Å². The number of nitrogens with zero attached hydrogens (tertiary/aromatic N) is 2. The highest BCUT2D eigenvalue weighted by Crippen LogP contribution is 2.27. The molecule has 0 spiro atoms. The van der Waals surface area contributed by atoms with E-state index in [1.54, 1.807) is 12.3 Å². The van der Waals surface area contributed by atoms with Crippen LogP contribution in [0.15, 0.2) is 30.6 Å². The molecule has 0 fully saturated rings. The average Bonchev–Trinajstić information content (AvgIpc) is 2.64. The molecule has 2 rings (SSSR count). The van der Waals surface area contributed by atoms with Crippen LogP contribution in [0, 0.1) is 0 Å². The van der Waals surface area contributed by atoms with Gasteiger partial charge < -0.3 is 9.88 Å². The van der Waals surface area contributed by atoms with E-state index in [0.29, 0.717) is 10.0 Å². The highest BCUT2D eigenvalue weighted by Gasteiger charge is 2.11. The summed E-state index contributed by atoms with van der Waals surface area (Å²) in [5.41, 5.74) is 0.999. The predicted molar refractivity (Wildman–Crippen MR) is 71.7 cm³/mol. The first-order valence-corrected chi connectivity index (χ1v) is 6.02. The molecule has 0 aliphatic rings. The zero-order valence-corrected chi connectivity index (χ0v) is 11.1. The monoisotopic (exact) mass is 269 g/mol. The molecular weight excluding hydrogens is 257 g/mol. The number of rotatable bonds is 3. The summed E-state index contributed by atoms with van der Waals surface area (Å²) in [5, 5.41) is 4.59. The number of imidazole rings is 1. The Kier molecular flexibility index (Phi) is 3.60. The van der Waals surface area contributed by atoms with Gasteiger partial charge in [0.25, 0.3) is 0 Å². The lowest BCUT2D eigenvalue weighted by atomic mass is 10.1. The van der Waals surface area contributed by atoms with Gasteiger partial charge in [-0.3, -0.25) is 0 Å². The first-order valence-electron chi connectivity index (χ1n) is 5.26. The van der Waals surface area contributed by atoms with Crippen LogP contribution in [-0.4, -0.2) is 9.55 Å². The molecule has 0 aliphatic heterocycles. The highest BCUT2D eigenvalue weighted by atomic mass is 35.5. The number of nitrogens with one attached hydrogen (secondary N) is 1. The molecule has 2 aromatic rings. The largest absolute Gasteiger partial charge is 0.349 e. The van der Waals surface area contributed by atoms with Crippen molar-refractivity contribution in [3.8, 4) is 0 Å². The van der Waals surface area contributed by atoms with Crippen LogP contribution in [-0.2, 0) is 7.05 Å². The number of hydrogen-bond donors (Lipinski definition) is 1. The first kappa shape index (κ1) is 12.3. The Morgan fingerprint density at radius 2 is 2.12 bits per heavy atom. The SMILES string of the molecule is CC(Nc1nccn1C)c1ccc(Cl)cc1Cl. The van der Waals surface area contributed by atoms with Gasteiger partial charge in [0.15, 0.2) is 0 Å². The third-order valence-corrected chi connectivity index (χ3v) is 3.16. The van der Waals surface area contributed by atoms with E-state index in [2.05, 4.69) is 10.3 Å². The van der Waals surface area contributed by atoms with E-state index in [1.165, 1.54) is 0 Å². The van der Waals surface area contributed by atoms with E-state index in [1.807, 2.05) is 36.9 Å². The highest BCUT2D eigenvalue weighted by molar-refractivity contribution is 6.35. The van der Waals surface area contributed by atoms with Gasteiger partial charge in [0.2, 0.25) is 5.95 Å². The van der Waals surface area contributed by atoms with E-state index < -0.39 is 0 Å². The van der Waals surface area contributed by atoms with Crippen LogP contribution in [0.3, 0.4) is 0 Å². The van der Waals surface area contributed by atoms with Crippen molar-refractivity contribution in [3.63, 3.8) is 0 Å². The third-order valence-electron chi connectivity index (χ3n) is 2.60. The Bertz CT molecular complexity index is 522. The Labute approximate surface area is 110 Å². The molecule has 1 heterocycles. The van der Waals surface area contributed by atoms with E-state index in [4.69, 9.17) is 23.2 Å². The van der Waals surface area contributed by atoms with Crippen molar-refractivity contribution in [2.45, 2.75) is 13.0 Å². The van der Waals surface area contributed by atoms with Gasteiger partial charge in [-0.05, 0) is 24.6 Å². The first-order chi connectivity index (χ1) is 8.08. The second-order valence-electron chi connectivity index (χ2n) is 3.89. The average molecular weight is 270 g/mol. The van der Waals surface area contributed by atoms with E-state index in [9.17, 15) is 0 Å². The normalized spacial score (nSPS) is 12.5. The van der Waals surface area contributed by atoms with Crippen LogP contribution in [0.25, 0.3) is 0 Å². The molecule has 1 unspecified atom stereocenters. The van der Waals surface area contributed by atoms with Crippen LogP contribution >= 0.6 is 23.2 Å². The molecule has 0 saturated carbocycles. The quantitative estimate of drug-likeness (QED) is 0.916. The van der Waals surface area contributed by atoms with Crippen LogP contribution in [0.5, 0.6) is 0 Å².